The number of thiophene rings is 2. The van der Waals surface area contributed by atoms with Gasteiger partial charge in [0.15, 0.2) is 5.82 Å². The summed E-state index contributed by atoms with van der Waals surface area (Å²) in [5.74, 6) is 1.55. The Bertz CT molecular complexity index is 904. The van der Waals surface area contributed by atoms with Crippen molar-refractivity contribution in [3.05, 3.63) is 28.0 Å². The number of aliphatic hydroxyl groups is 1. The molecule has 3 aromatic heterocycles. The molecule has 0 saturated carbocycles. The van der Waals surface area contributed by atoms with E-state index >= 15 is 0 Å². The molecule has 0 spiro atoms. The largest absolute Gasteiger partial charge is 0.390 e. The lowest BCUT2D eigenvalue weighted by Gasteiger charge is -2.28. The average molecular weight is 405 g/mol. The zero-order chi connectivity index (χ0) is 18.8. The van der Waals surface area contributed by atoms with Gasteiger partial charge >= 0.3 is 0 Å². The van der Waals surface area contributed by atoms with Crippen LogP contribution in [-0.4, -0.2) is 65.5 Å². The second kappa shape index (κ2) is 8.20. The molecular weight excluding hydrogens is 380 g/mol. The molecule has 144 valence electrons. The summed E-state index contributed by atoms with van der Waals surface area (Å²) in [6.45, 7) is 8.56. The van der Waals surface area contributed by atoms with E-state index in [1.807, 2.05) is 17.5 Å². The Morgan fingerprint density at radius 3 is 2.85 bits per heavy atom. The zero-order valence-electron chi connectivity index (χ0n) is 15.6. The molecule has 1 aliphatic rings. The molecule has 4 heterocycles. The van der Waals surface area contributed by atoms with Crippen LogP contribution in [0.25, 0.3) is 20.9 Å². The second-order valence-electron chi connectivity index (χ2n) is 6.78. The highest BCUT2D eigenvalue weighted by Gasteiger charge is 2.18. The van der Waals surface area contributed by atoms with Crippen molar-refractivity contribution in [1.82, 2.24) is 14.9 Å². The Kier molecular flexibility index (Phi) is 5.70. The van der Waals surface area contributed by atoms with Crippen molar-refractivity contribution in [2.75, 3.05) is 44.7 Å². The second-order valence-corrected chi connectivity index (χ2v) is 8.94. The van der Waals surface area contributed by atoms with Gasteiger partial charge in [0.1, 0.15) is 10.6 Å². The number of nitrogens with zero attached hydrogens (tertiary/aromatic N) is 3. The molecule has 0 bridgehead atoms. The smallest absolute Gasteiger partial charge is 0.173 e. The summed E-state index contributed by atoms with van der Waals surface area (Å²) in [6.07, 6.45) is -0.460. The van der Waals surface area contributed by atoms with Crippen LogP contribution in [-0.2, 0) is 4.74 Å². The number of aliphatic hydroxyl groups excluding tert-OH is 1. The van der Waals surface area contributed by atoms with E-state index in [0.717, 1.165) is 53.0 Å². The Morgan fingerprint density at radius 1 is 1.30 bits per heavy atom. The predicted molar refractivity (Wildman–Crippen MR) is 112 cm³/mol. The Hall–Kier alpha value is -1.58. The van der Waals surface area contributed by atoms with E-state index in [4.69, 9.17) is 14.7 Å². The molecule has 0 radical (unpaired) electrons. The quantitative estimate of drug-likeness (QED) is 0.658. The fourth-order valence-electron chi connectivity index (χ4n) is 3.25. The van der Waals surface area contributed by atoms with Crippen LogP contribution in [0.5, 0.6) is 0 Å². The van der Waals surface area contributed by atoms with E-state index in [1.54, 1.807) is 22.7 Å². The van der Waals surface area contributed by atoms with Crippen molar-refractivity contribution >= 4 is 38.7 Å². The van der Waals surface area contributed by atoms with Gasteiger partial charge in [0.25, 0.3) is 0 Å². The van der Waals surface area contributed by atoms with Gasteiger partial charge in [-0.3, -0.25) is 4.90 Å². The summed E-state index contributed by atoms with van der Waals surface area (Å²) in [7, 11) is 0. The van der Waals surface area contributed by atoms with Gasteiger partial charge in [-0.1, -0.05) is 6.07 Å². The van der Waals surface area contributed by atoms with Crippen LogP contribution in [0.4, 0.5) is 5.82 Å². The molecule has 8 heteroatoms. The van der Waals surface area contributed by atoms with Gasteiger partial charge in [-0.15, -0.1) is 22.7 Å². The van der Waals surface area contributed by atoms with Crippen LogP contribution in [0.15, 0.2) is 17.5 Å². The minimum atomic E-state index is -0.460. The third kappa shape index (κ3) is 4.14. The van der Waals surface area contributed by atoms with Crippen molar-refractivity contribution in [1.29, 1.82) is 0 Å². The number of hydrogen-bond donors (Lipinski definition) is 2. The molecule has 3 aromatic rings. The van der Waals surface area contributed by atoms with Crippen molar-refractivity contribution < 1.29 is 9.84 Å². The van der Waals surface area contributed by atoms with Crippen LogP contribution in [0.2, 0.25) is 0 Å². The molecule has 1 atom stereocenters. The minimum Gasteiger partial charge on any atom is -0.390 e. The van der Waals surface area contributed by atoms with Crippen LogP contribution >= 0.6 is 22.7 Å². The van der Waals surface area contributed by atoms with E-state index in [1.165, 1.54) is 10.4 Å². The topological polar surface area (TPSA) is 70.5 Å². The first-order valence-electron chi connectivity index (χ1n) is 9.15. The predicted octanol–water partition coefficient (Wildman–Crippen LogP) is 3.14. The number of aryl methyl sites for hydroxylation is 2. The van der Waals surface area contributed by atoms with E-state index < -0.39 is 6.10 Å². The lowest BCUT2D eigenvalue weighted by molar-refractivity contribution is 0.0171. The molecule has 2 N–H and O–H groups in total. The summed E-state index contributed by atoms with van der Waals surface area (Å²) in [6, 6.07) is 4.05. The number of morpholine rings is 1. The third-order valence-corrected chi connectivity index (χ3v) is 6.81. The Balaban J connectivity index is 1.56. The van der Waals surface area contributed by atoms with E-state index in [0.29, 0.717) is 13.1 Å². The number of aromatic nitrogens is 2. The molecule has 27 heavy (non-hydrogen) atoms. The number of rotatable bonds is 6. The van der Waals surface area contributed by atoms with Gasteiger partial charge < -0.3 is 15.2 Å². The van der Waals surface area contributed by atoms with Gasteiger partial charge in [0.05, 0.1) is 29.6 Å². The monoisotopic (exact) mass is 404 g/mol. The average Bonchev–Trinajstić information content (AvgIpc) is 3.29. The molecule has 1 aliphatic heterocycles. The highest BCUT2D eigenvalue weighted by molar-refractivity contribution is 7.19. The third-order valence-electron chi connectivity index (χ3n) is 4.85. The lowest BCUT2D eigenvalue weighted by atomic mass is 10.2. The van der Waals surface area contributed by atoms with Gasteiger partial charge in [0, 0.05) is 31.1 Å². The normalized spacial score (nSPS) is 16.7. The maximum absolute atomic E-state index is 10.5. The molecular formula is C19H24N4O2S2. The molecule has 4 rings (SSSR count). The number of fused-ring (bicyclic) bond motifs is 1. The van der Waals surface area contributed by atoms with Gasteiger partial charge in [-0.2, -0.15) is 0 Å². The number of hydrogen-bond acceptors (Lipinski definition) is 8. The Labute approximate surface area is 166 Å². The van der Waals surface area contributed by atoms with Crippen molar-refractivity contribution in [3.8, 4) is 10.7 Å². The van der Waals surface area contributed by atoms with Crippen LogP contribution in [0, 0.1) is 13.8 Å². The molecule has 6 nitrogen and oxygen atoms in total. The van der Waals surface area contributed by atoms with Crippen LogP contribution in [0.1, 0.15) is 10.4 Å². The van der Waals surface area contributed by atoms with E-state index in [-0.39, 0.29) is 0 Å². The summed E-state index contributed by atoms with van der Waals surface area (Å²) in [5, 5.41) is 17.0. The molecule has 0 aliphatic carbocycles. The van der Waals surface area contributed by atoms with Gasteiger partial charge in [0.2, 0.25) is 0 Å². The molecule has 1 saturated heterocycles. The standard InChI is InChI=1S/C19H24N4O2S2/c1-12-13(2)27-19-16(12)18(21-17(22-19)15-4-3-9-26-15)20-10-14(24)11-23-5-7-25-8-6-23/h3-4,9,14,24H,5-8,10-11H2,1-2H3,(H,20,21,22)/t14-/m1/s1. The summed E-state index contributed by atoms with van der Waals surface area (Å²) in [4.78, 5) is 15.1. The molecule has 1 fully saturated rings. The van der Waals surface area contributed by atoms with E-state index in [9.17, 15) is 5.11 Å². The maximum Gasteiger partial charge on any atom is 0.173 e. The fourth-order valence-corrected chi connectivity index (χ4v) is 4.94. The summed E-state index contributed by atoms with van der Waals surface area (Å²) in [5.41, 5.74) is 1.21. The first-order chi connectivity index (χ1) is 13.1. The number of nitrogens with one attached hydrogen (secondary N) is 1. The molecule has 0 aromatic carbocycles. The van der Waals surface area contributed by atoms with Crippen molar-refractivity contribution in [3.63, 3.8) is 0 Å². The molecule has 0 amide bonds. The van der Waals surface area contributed by atoms with Crippen molar-refractivity contribution in [2.45, 2.75) is 20.0 Å². The number of ether oxygens (including phenoxy) is 1. The van der Waals surface area contributed by atoms with E-state index in [2.05, 4.69) is 24.1 Å². The summed E-state index contributed by atoms with van der Waals surface area (Å²) >= 11 is 3.33. The SMILES string of the molecule is Cc1sc2nc(-c3cccs3)nc(NC[C@@H](O)CN3CCOCC3)c2c1C. The fraction of sp³-hybridized carbons (Fsp3) is 0.474. The Morgan fingerprint density at radius 2 is 2.11 bits per heavy atom. The molecule has 0 unspecified atom stereocenters. The van der Waals surface area contributed by atoms with Crippen LogP contribution < -0.4 is 5.32 Å². The maximum atomic E-state index is 10.5. The van der Waals surface area contributed by atoms with Gasteiger partial charge in [-0.05, 0) is 30.9 Å². The number of β-amino-alcohol motifs (C(OH)–C–C–N with tert-alkyl or cyclic N) is 1. The first kappa shape index (κ1) is 18.8. The highest BCUT2D eigenvalue weighted by Crippen LogP contribution is 2.35. The number of anilines is 1. The van der Waals surface area contributed by atoms with Gasteiger partial charge in [-0.25, -0.2) is 9.97 Å². The zero-order valence-corrected chi connectivity index (χ0v) is 17.2. The lowest BCUT2D eigenvalue weighted by Crippen LogP contribution is -2.42. The van der Waals surface area contributed by atoms with Crippen molar-refractivity contribution in [2.24, 2.45) is 0 Å². The minimum absolute atomic E-state index is 0.460. The first-order valence-corrected chi connectivity index (χ1v) is 10.8. The van der Waals surface area contributed by atoms with Crippen LogP contribution in [0.3, 0.4) is 0 Å². The highest BCUT2D eigenvalue weighted by atomic mass is 32.1. The summed E-state index contributed by atoms with van der Waals surface area (Å²) < 4.78 is 5.37.